The normalized spacial score (nSPS) is 16.0. The Bertz CT molecular complexity index is 1030. The highest BCUT2D eigenvalue weighted by Gasteiger charge is 2.36. The van der Waals surface area contributed by atoms with Crippen molar-refractivity contribution in [2.75, 3.05) is 26.2 Å². The Balaban J connectivity index is 1.74. The lowest BCUT2D eigenvalue weighted by atomic mass is 10.1. The third kappa shape index (κ3) is 4.63. The summed E-state index contributed by atoms with van der Waals surface area (Å²) < 4.78 is 65.8. The molecule has 1 amide bonds. The van der Waals surface area contributed by atoms with Crippen LogP contribution < -0.4 is 0 Å². The van der Waals surface area contributed by atoms with E-state index in [9.17, 15) is 26.4 Å². The number of hydrogen-bond acceptors (Lipinski definition) is 3. The molecule has 10 heteroatoms. The summed E-state index contributed by atoms with van der Waals surface area (Å²) in [4.78, 5) is 13.6. The van der Waals surface area contributed by atoms with Gasteiger partial charge in [0.05, 0.1) is 10.6 Å². The number of sulfonamides is 1. The number of nitrogens with zero attached hydrogens (tertiary/aromatic N) is 2. The smallest absolute Gasteiger partial charge is 0.336 e. The molecule has 0 radical (unpaired) electrons. The van der Waals surface area contributed by atoms with Crippen LogP contribution in [-0.4, -0.2) is 49.7 Å². The van der Waals surface area contributed by atoms with Crippen molar-refractivity contribution in [2.24, 2.45) is 0 Å². The van der Waals surface area contributed by atoms with Crippen LogP contribution in [0.15, 0.2) is 47.4 Å². The molecule has 0 N–H and O–H groups in total. The second-order valence-electron chi connectivity index (χ2n) is 6.89. The first-order chi connectivity index (χ1) is 14.0. The van der Waals surface area contributed by atoms with E-state index in [0.29, 0.717) is 11.6 Å². The highest BCUT2D eigenvalue weighted by molar-refractivity contribution is 7.89. The van der Waals surface area contributed by atoms with Gasteiger partial charge in [0, 0.05) is 31.7 Å². The highest BCUT2D eigenvalue weighted by Crippen LogP contribution is 2.34. The lowest BCUT2D eigenvalue weighted by Crippen LogP contribution is -2.50. The maximum absolute atomic E-state index is 13.0. The Morgan fingerprint density at radius 1 is 1.03 bits per heavy atom. The summed E-state index contributed by atoms with van der Waals surface area (Å²) in [6.45, 7) is 2.20. The molecule has 0 saturated carbocycles. The van der Waals surface area contributed by atoms with Crippen molar-refractivity contribution in [3.63, 3.8) is 0 Å². The van der Waals surface area contributed by atoms with E-state index in [2.05, 4.69) is 0 Å². The molecule has 1 aliphatic heterocycles. The lowest BCUT2D eigenvalue weighted by molar-refractivity contribution is -0.137. The van der Waals surface area contributed by atoms with Crippen LogP contribution in [0.1, 0.15) is 28.4 Å². The summed E-state index contributed by atoms with van der Waals surface area (Å²) in [6.07, 6.45) is -3.84. The monoisotopic (exact) mass is 460 g/mol. The molecule has 1 heterocycles. The van der Waals surface area contributed by atoms with Gasteiger partial charge < -0.3 is 4.90 Å². The topological polar surface area (TPSA) is 57.7 Å². The average molecular weight is 461 g/mol. The summed E-state index contributed by atoms with van der Waals surface area (Å²) >= 11 is 5.90. The molecule has 2 aromatic carbocycles. The Morgan fingerprint density at radius 3 is 2.17 bits per heavy atom. The number of alkyl halides is 3. The first kappa shape index (κ1) is 22.6. The summed E-state index contributed by atoms with van der Waals surface area (Å²) in [5.41, 5.74) is 0.514. The van der Waals surface area contributed by atoms with E-state index in [0.717, 1.165) is 28.4 Å². The molecule has 1 fully saturated rings. The van der Waals surface area contributed by atoms with E-state index in [-0.39, 0.29) is 37.1 Å². The van der Waals surface area contributed by atoms with Gasteiger partial charge in [-0.05, 0) is 42.3 Å². The number of amides is 1. The van der Waals surface area contributed by atoms with Crippen LogP contribution in [0.5, 0.6) is 0 Å². The number of rotatable bonds is 4. The molecule has 2 aromatic rings. The summed E-state index contributed by atoms with van der Waals surface area (Å²) in [5, 5.41) is -0.280. The lowest BCUT2D eigenvalue weighted by Gasteiger charge is -2.34. The highest BCUT2D eigenvalue weighted by atomic mass is 35.5. The van der Waals surface area contributed by atoms with Gasteiger partial charge in [0.1, 0.15) is 4.90 Å². The Morgan fingerprint density at radius 2 is 1.63 bits per heavy atom. The van der Waals surface area contributed by atoms with E-state index < -0.39 is 26.7 Å². The molecule has 3 rings (SSSR count). The predicted molar refractivity (Wildman–Crippen MR) is 107 cm³/mol. The minimum Gasteiger partial charge on any atom is -0.336 e. The molecule has 0 aliphatic carbocycles. The van der Waals surface area contributed by atoms with Gasteiger partial charge in [-0.2, -0.15) is 17.5 Å². The first-order valence-corrected chi connectivity index (χ1v) is 11.1. The molecule has 1 aliphatic rings. The van der Waals surface area contributed by atoms with Crippen LogP contribution in [0, 0.1) is 0 Å². The molecule has 1 saturated heterocycles. The van der Waals surface area contributed by atoms with Crippen LogP contribution in [0.2, 0.25) is 5.02 Å². The second kappa shape index (κ2) is 8.56. The van der Waals surface area contributed by atoms with Crippen LogP contribution in [-0.2, 0) is 22.6 Å². The van der Waals surface area contributed by atoms with Crippen molar-refractivity contribution in [3.05, 3.63) is 64.2 Å². The van der Waals surface area contributed by atoms with E-state index in [1.807, 2.05) is 19.1 Å². The van der Waals surface area contributed by atoms with E-state index in [1.165, 1.54) is 4.90 Å². The zero-order chi connectivity index (χ0) is 22.1. The van der Waals surface area contributed by atoms with Gasteiger partial charge in [-0.25, -0.2) is 8.42 Å². The molecule has 162 valence electrons. The average Bonchev–Trinajstić information content (AvgIpc) is 2.72. The zero-order valence-corrected chi connectivity index (χ0v) is 17.7. The molecule has 0 unspecified atom stereocenters. The molecule has 0 atom stereocenters. The van der Waals surface area contributed by atoms with Gasteiger partial charge in [-0.3, -0.25) is 4.79 Å². The number of aryl methyl sites for hydroxylation is 1. The Kier molecular flexibility index (Phi) is 6.45. The predicted octanol–water partition coefficient (Wildman–Crippen LogP) is 4.07. The fraction of sp³-hybridized carbons (Fsp3) is 0.350. The van der Waals surface area contributed by atoms with Crippen LogP contribution in [0.25, 0.3) is 0 Å². The Labute approximate surface area is 178 Å². The SMILES string of the molecule is CCc1ccc(C(=O)N2CCN(S(=O)(=O)c3cc(C(F)(F)F)ccc3Cl)CC2)cc1. The molecule has 0 aromatic heterocycles. The first-order valence-electron chi connectivity index (χ1n) is 9.29. The van der Waals surface area contributed by atoms with Crippen molar-refractivity contribution >= 4 is 27.5 Å². The van der Waals surface area contributed by atoms with Gasteiger partial charge in [-0.15, -0.1) is 0 Å². The third-order valence-electron chi connectivity index (χ3n) is 5.01. The largest absolute Gasteiger partial charge is 0.416 e. The second-order valence-corrected chi connectivity index (χ2v) is 9.20. The zero-order valence-electron chi connectivity index (χ0n) is 16.1. The number of carbonyl (C=O) groups excluding carboxylic acids is 1. The van der Waals surface area contributed by atoms with Crippen LogP contribution in [0.4, 0.5) is 13.2 Å². The van der Waals surface area contributed by atoms with Gasteiger partial charge in [-0.1, -0.05) is 30.7 Å². The van der Waals surface area contributed by atoms with Gasteiger partial charge in [0.2, 0.25) is 10.0 Å². The van der Waals surface area contributed by atoms with Gasteiger partial charge in [0.25, 0.3) is 5.91 Å². The van der Waals surface area contributed by atoms with Crippen molar-refractivity contribution in [1.29, 1.82) is 0 Å². The molecule has 30 heavy (non-hydrogen) atoms. The number of piperazine rings is 1. The van der Waals surface area contributed by atoms with E-state index >= 15 is 0 Å². The standard InChI is InChI=1S/C20H20ClF3N2O3S/c1-2-14-3-5-15(6-4-14)19(27)25-9-11-26(12-10-25)30(28,29)18-13-16(20(22,23)24)7-8-17(18)21/h3-8,13H,2,9-12H2,1H3. The van der Waals surface area contributed by atoms with Crippen molar-refractivity contribution in [2.45, 2.75) is 24.4 Å². The summed E-state index contributed by atoms with van der Waals surface area (Å²) in [6, 6.07) is 9.40. The minimum absolute atomic E-state index is 0.0340. The van der Waals surface area contributed by atoms with Gasteiger partial charge >= 0.3 is 6.18 Å². The van der Waals surface area contributed by atoms with Crippen LogP contribution >= 0.6 is 11.6 Å². The molecular weight excluding hydrogens is 441 g/mol. The minimum atomic E-state index is -4.69. The quantitative estimate of drug-likeness (QED) is 0.691. The van der Waals surface area contributed by atoms with Crippen molar-refractivity contribution in [3.8, 4) is 0 Å². The Hall–Kier alpha value is -2.10. The van der Waals surface area contributed by atoms with Gasteiger partial charge in [0.15, 0.2) is 0 Å². The summed E-state index contributed by atoms with van der Waals surface area (Å²) in [5.74, 6) is -0.216. The maximum Gasteiger partial charge on any atom is 0.416 e. The maximum atomic E-state index is 13.0. The molecule has 0 spiro atoms. The number of hydrogen-bond donors (Lipinski definition) is 0. The third-order valence-corrected chi connectivity index (χ3v) is 7.39. The molecule has 0 bridgehead atoms. The number of benzene rings is 2. The van der Waals surface area contributed by atoms with Crippen molar-refractivity contribution < 1.29 is 26.4 Å². The van der Waals surface area contributed by atoms with Crippen molar-refractivity contribution in [1.82, 2.24) is 9.21 Å². The summed E-state index contributed by atoms with van der Waals surface area (Å²) in [7, 11) is -4.23. The van der Waals surface area contributed by atoms with E-state index in [1.54, 1.807) is 12.1 Å². The number of halogens is 4. The number of carbonyl (C=O) groups is 1. The molecule has 5 nitrogen and oxygen atoms in total. The fourth-order valence-corrected chi connectivity index (χ4v) is 5.14. The molecular formula is C20H20ClF3N2O3S. The fourth-order valence-electron chi connectivity index (χ4n) is 3.21. The van der Waals surface area contributed by atoms with Crippen LogP contribution in [0.3, 0.4) is 0 Å². The van der Waals surface area contributed by atoms with E-state index in [4.69, 9.17) is 11.6 Å².